The third kappa shape index (κ3) is 1.47. The van der Waals surface area contributed by atoms with Crippen molar-refractivity contribution in [3.63, 3.8) is 0 Å². The summed E-state index contributed by atoms with van der Waals surface area (Å²) in [6.45, 7) is 3.07. The van der Waals surface area contributed by atoms with Crippen molar-refractivity contribution in [1.82, 2.24) is 4.98 Å². The molecule has 0 bridgehead atoms. The molecule has 2 aromatic rings. The minimum Gasteiger partial charge on any atom is -0.326 e. The van der Waals surface area contributed by atoms with E-state index in [2.05, 4.69) is 46.3 Å². The summed E-state index contributed by atoms with van der Waals surface area (Å²) >= 11 is 0. The van der Waals surface area contributed by atoms with Crippen LogP contribution < -0.4 is 4.90 Å². The fourth-order valence-corrected chi connectivity index (χ4v) is 2.26. The lowest BCUT2D eigenvalue weighted by Crippen LogP contribution is -2.14. The molecule has 0 fully saturated rings. The lowest BCUT2D eigenvalue weighted by molar-refractivity contribution is 0.966. The molecule has 0 unspecified atom stereocenters. The van der Waals surface area contributed by atoms with Crippen LogP contribution in [0.3, 0.4) is 0 Å². The van der Waals surface area contributed by atoms with E-state index in [1.54, 1.807) is 0 Å². The number of nitrogens with zero attached hydrogens (tertiary/aromatic N) is 2. The monoisotopic (exact) mass is 210 g/mol. The van der Waals surface area contributed by atoms with Gasteiger partial charge in [-0.15, -0.1) is 0 Å². The van der Waals surface area contributed by atoms with Gasteiger partial charge in [-0.3, -0.25) is 0 Å². The van der Waals surface area contributed by atoms with Crippen LogP contribution in [0, 0.1) is 6.92 Å². The van der Waals surface area contributed by atoms with Gasteiger partial charge in [0.2, 0.25) is 0 Å². The van der Waals surface area contributed by atoms with Crippen LogP contribution >= 0.6 is 0 Å². The lowest BCUT2D eigenvalue weighted by atomic mass is 10.2. The van der Waals surface area contributed by atoms with E-state index in [4.69, 9.17) is 0 Å². The molecule has 0 saturated heterocycles. The molecule has 0 spiro atoms. The molecular formula is C14H14N2. The highest BCUT2D eigenvalue weighted by Gasteiger charge is 2.20. The molecular weight excluding hydrogens is 196 g/mol. The van der Waals surface area contributed by atoms with Gasteiger partial charge in [-0.25, -0.2) is 4.98 Å². The number of anilines is 2. The number of aryl methyl sites for hydroxylation is 1. The van der Waals surface area contributed by atoms with Crippen molar-refractivity contribution >= 4 is 11.5 Å². The molecule has 2 heterocycles. The zero-order chi connectivity index (χ0) is 11.0. The zero-order valence-corrected chi connectivity index (χ0v) is 9.35. The second-order valence-corrected chi connectivity index (χ2v) is 4.17. The van der Waals surface area contributed by atoms with Gasteiger partial charge in [0.1, 0.15) is 5.82 Å². The molecule has 0 N–H and O–H groups in total. The van der Waals surface area contributed by atoms with Crippen LogP contribution in [0.5, 0.6) is 0 Å². The number of hydrogen-bond donors (Lipinski definition) is 0. The Morgan fingerprint density at radius 3 is 2.81 bits per heavy atom. The second kappa shape index (κ2) is 3.63. The van der Waals surface area contributed by atoms with E-state index in [1.807, 2.05) is 13.0 Å². The maximum Gasteiger partial charge on any atom is 0.133 e. The zero-order valence-electron chi connectivity index (χ0n) is 9.35. The van der Waals surface area contributed by atoms with E-state index in [0.29, 0.717) is 0 Å². The van der Waals surface area contributed by atoms with Crippen LogP contribution in [0.15, 0.2) is 42.5 Å². The largest absolute Gasteiger partial charge is 0.326 e. The highest BCUT2D eigenvalue weighted by Crippen LogP contribution is 2.32. The third-order valence-electron chi connectivity index (χ3n) is 3.04. The molecule has 1 aromatic heterocycles. The number of pyridine rings is 1. The average molecular weight is 210 g/mol. The smallest absolute Gasteiger partial charge is 0.133 e. The molecule has 2 heteroatoms. The molecule has 80 valence electrons. The molecule has 16 heavy (non-hydrogen) atoms. The van der Waals surface area contributed by atoms with E-state index in [1.165, 1.54) is 11.3 Å². The molecule has 3 rings (SSSR count). The Bertz CT molecular complexity index is 520. The number of aromatic nitrogens is 1. The summed E-state index contributed by atoms with van der Waals surface area (Å²) in [5, 5.41) is 0. The summed E-state index contributed by atoms with van der Waals surface area (Å²) in [6, 6.07) is 14.7. The minimum absolute atomic E-state index is 1.04. The van der Waals surface area contributed by atoms with Gasteiger partial charge in [0.05, 0.1) is 0 Å². The highest BCUT2D eigenvalue weighted by molar-refractivity contribution is 5.67. The maximum atomic E-state index is 4.58. The second-order valence-electron chi connectivity index (χ2n) is 4.17. The maximum absolute atomic E-state index is 4.58. The Kier molecular flexibility index (Phi) is 2.13. The van der Waals surface area contributed by atoms with E-state index in [9.17, 15) is 0 Å². The molecule has 0 radical (unpaired) electrons. The Morgan fingerprint density at radius 1 is 1.06 bits per heavy atom. The van der Waals surface area contributed by atoms with E-state index < -0.39 is 0 Å². The van der Waals surface area contributed by atoms with Gasteiger partial charge in [0.15, 0.2) is 0 Å². The van der Waals surface area contributed by atoms with Gasteiger partial charge in [-0.05, 0) is 37.1 Å². The summed E-state index contributed by atoms with van der Waals surface area (Å²) in [5.74, 6) is 1.06. The Hall–Kier alpha value is -1.83. The van der Waals surface area contributed by atoms with Crippen molar-refractivity contribution in [2.24, 2.45) is 0 Å². The van der Waals surface area contributed by atoms with Gasteiger partial charge in [0.25, 0.3) is 0 Å². The first-order valence-corrected chi connectivity index (χ1v) is 5.64. The van der Waals surface area contributed by atoms with Gasteiger partial charge < -0.3 is 4.90 Å². The normalized spacial score (nSPS) is 13.9. The molecule has 0 aliphatic carbocycles. The third-order valence-corrected chi connectivity index (χ3v) is 3.04. The summed E-state index contributed by atoms with van der Waals surface area (Å²) in [6.07, 6.45) is 1.12. The summed E-state index contributed by atoms with van der Waals surface area (Å²) in [5.41, 5.74) is 3.80. The highest BCUT2D eigenvalue weighted by atomic mass is 15.2. The van der Waals surface area contributed by atoms with Crippen molar-refractivity contribution < 1.29 is 0 Å². The number of rotatable bonds is 1. The SMILES string of the molecule is Cc1cccc(N2CCc3ccccc32)n1. The number of para-hydroxylation sites is 1. The Morgan fingerprint density at radius 2 is 1.94 bits per heavy atom. The summed E-state index contributed by atoms with van der Waals surface area (Å²) in [4.78, 5) is 6.87. The number of hydrogen-bond acceptors (Lipinski definition) is 2. The van der Waals surface area contributed by atoms with Gasteiger partial charge in [0, 0.05) is 17.9 Å². The predicted octanol–water partition coefficient (Wildman–Crippen LogP) is 3.08. The molecule has 0 atom stereocenters. The number of fused-ring (bicyclic) bond motifs is 1. The van der Waals surface area contributed by atoms with Crippen LogP contribution in [0.4, 0.5) is 11.5 Å². The van der Waals surface area contributed by atoms with Crippen LogP contribution in [-0.4, -0.2) is 11.5 Å². The average Bonchev–Trinajstić information content (AvgIpc) is 2.72. The lowest BCUT2D eigenvalue weighted by Gasteiger charge is -2.18. The van der Waals surface area contributed by atoms with E-state index >= 15 is 0 Å². The van der Waals surface area contributed by atoms with Crippen LogP contribution in [-0.2, 0) is 6.42 Å². The van der Waals surface area contributed by atoms with Gasteiger partial charge in [-0.1, -0.05) is 24.3 Å². The topological polar surface area (TPSA) is 16.1 Å². The van der Waals surface area contributed by atoms with Crippen molar-refractivity contribution in [2.75, 3.05) is 11.4 Å². The molecule has 1 aliphatic heterocycles. The molecule has 0 amide bonds. The van der Waals surface area contributed by atoms with E-state index in [-0.39, 0.29) is 0 Å². The summed E-state index contributed by atoms with van der Waals surface area (Å²) < 4.78 is 0. The number of benzene rings is 1. The molecule has 1 aromatic carbocycles. The fraction of sp³-hybridized carbons (Fsp3) is 0.214. The van der Waals surface area contributed by atoms with E-state index in [0.717, 1.165) is 24.5 Å². The first-order chi connectivity index (χ1) is 7.84. The molecule has 2 nitrogen and oxygen atoms in total. The van der Waals surface area contributed by atoms with Crippen molar-refractivity contribution in [3.05, 3.63) is 53.7 Å². The van der Waals surface area contributed by atoms with Crippen LogP contribution in [0.1, 0.15) is 11.3 Å². The fourth-order valence-electron chi connectivity index (χ4n) is 2.26. The molecule has 1 aliphatic rings. The van der Waals surface area contributed by atoms with Crippen molar-refractivity contribution in [2.45, 2.75) is 13.3 Å². The van der Waals surface area contributed by atoms with Gasteiger partial charge in [-0.2, -0.15) is 0 Å². The predicted molar refractivity (Wildman–Crippen MR) is 66.1 cm³/mol. The van der Waals surface area contributed by atoms with Crippen LogP contribution in [0.25, 0.3) is 0 Å². The van der Waals surface area contributed by atoms with Crippen LogP contribution in [0.2, 0.25) is 0 Å². The first kappa shape index (κ1) is 9.40. The minimum atomic E-state index is 1.04. The Balaban J connectivity index is 2.05. The first-order valence-electron chi connectivity index (χ1n) is 5.64. The standard InChI is InChI=1S/C14H14N2/c1-11-5-4-8-14(15-11)16-10-9-12-6-2-3-7-13(12)16/h2-8H,9-10H2,1H3. The van der Waals surface area contributed by atoms with Crippen molar-refractivity contribution in [3.8, 4) is 0 Å². The summed E-state index contributed by atoms with van der Waals surface area (Å²) in [7, 11) is 0. The quantitative estimate of drug-likeness (QED) is 0.719. The van der Waals surface area contributed by atoms with Crippen molar-refractivity contribution in [1.29, 1.82) is 0 Å². The Labute approximate surface area is 95.6 Å². The molecule has 0 saturated carbocycles. The van der Waals surface area contributed by atoms with Gasteiger partial charge >= 0.3 is 0 Å².